The van der Waals surface area contributed by atoms with Crippen LogP contribution in [0.15, 0.2) is 24.3 Å². The lowest BCUT2D eigenvalue weighted by molar-refractivity contribution is -0.131. The first-order valence-corrected chi connectivity index (χ1v) is 7.53. The van der Waals surface area contributed by atoms with Crippen molar-refractivity contribution in [2.75, 3.05) is 31.9 Å². The summed E-state index contributed by atoms with van der Waals surface area (Å²) in [6.45, 7) is 6.25. The van der Waals surface area contributed by atoms with Crippen molar-refractivity contribution < 1.29 is 4.79 Å². The fraction of sp³-hybridized carbons (Fsp3) is 0.562. The zero-order valence-corrected chi connectivity index (χ0v) is 12.3. The van der Waals surface area contributed by atoms with Crippen LogP contribution < -0.4 is 5.73 Å². The summed E-state index contributed by atoms with van der Waals surface area (Å²) in [5.74, 6) is 0.264. The third-order valence-electron chi connectivity index (χ3n) is 3.71. The van der Waals surface area contributed by atoms with Gasteiger partial charge in [0, 0.05) is 25.3 Å². The van der Waals surface area contributed by atoms with E-state index in [0.29, 0.717) is 6.54 Å². The van der Waals surface area contributed by atoms with E-state index in [9.17, 15) is 4.79 Å². The van der Waals surface area contributed by atoms with Crippen LogP contribution >= 0.6 is 0 Å². The fourth-order valence-corrected chi connectivity index (χ4v) is 2.74. The van der Waals surface area contributed by atoms with Crippen molar-refractivity contribution in [2.24, 2.45) is 0 Å². The first-order valence-electron chi connectivity index (χ1n) is 7.53. The van der Waals surface area contributed by atoms with Gasteiger partial charge in [-0.1, -0.05) is 19.1 Å². The van der Waals surface area contributed by atoms with E-state index in [1.807, 2.05) is 23.1 Å². The average molecular weight is 275 g/mol. The van der Waals surface area contributed by atoms with E-state index in [4.69, 9.17) is 5.73 Å². The predicted molar refractivity (Wildman–Crippen MR) is 82.2 cm³/mol. The third kappa shape index (κ3) is 4.23. The highest BCUT2D eigenvalue weighted by molar-refractivity contribution is 5.78. The summed E-state index contributed by atoms with van der Waals surface area (Å²) in [6, 6.07) is 7.92. The van der Waals surface area contributed by atoms with Gasteiger partial charge in [-0.15, -0.1) is 0 Å². The first-order chi connectivity index (χ1) is 9.69. The van der Waals surface area contributed by atoms with Gasteiger partial charge in [-0.05, 0) is 43.5 Å². The topological polar surface area (TPSA) is 49.6 Å². The fourth-order valence-electron chi connectivity index (χ4n) is 2.74. The minimum atomic E-state index is 0.264. The Kier molecular flexibility index (Phi) is 5.41. The molecule has 4 heteroatoms. The van der Waals surface area contributed by atoms with Crippen molar-refractivity contribution in [3.05, 3.63) is 29.8 Å². The number of hydrogen-bond donors (Lipinski definition) is 1. The maximum atomic E-state index is 12.2. The number of nitrogens with two attached hydrogens (primary N) is 1. The Morgan fingerprint density at radius 3 is 2.75 bits per heavy atom. The van der Waals surface area contributed by atoms with Crippen molar-refractivity contribution in [3.8, 4) is 0 Å². The van der Waals surface area contributed by atoms with Gasteiger partial charge in [-0.3, -0.25) is 9.69 Å². The molecule has 2 N–H and O–H groups in total. The molecule has 1 aromatic carbocycles. The molecule has 1 fully saturated rings. The Labute approximate surface area is 121 Å². The van der Waals surface area contributed by atoms with Crippen LogP contribution in [0.25, 0.3) is 0 Å². The van der Waals surface area contributed by atoms with Crippen LogP contribution in [0.2, 0.25) is 0 Å². The van der Waals surface area contributed by atoms with Gasteiger partial charge in [0.05, 0.1) is 6.54 Å². The van der Waals surface area contributed by atoms with Crippen molar-refractivity contribution in [2.45, 2.75) is 32.7 Å². The molecule has 0 atom stereocenters. The largest absolute Gasteiger partial charge is 0.399 e. The molecule has 0 aliphatic carbocycles. The van der Waals surface area contributed by atoms with E-state index >= 15 is 0 Å². The summed E-state index contributed by atoms with van der Waals surface area (Å²) in [5.41, 5.74) is 7.77. The van der Waals surface area contributed by atoms with E-state index in [0.717, 1.165) is 51.1 Å². The lowest BCUT2D eigenvalue weighted by atomic mass is 10.2. The Balaban J connectivity index is 1.94. The van der Waals surface area contributed by atoms with Gasteiger partial charge in [0.2, 0.25) is 5.91 Å². The molecule has 110 valence electrons. The van der Waals surface area contributed by atoms with Crippen LogP contribution in [-0.2, 0) is 11.3 Å². The van der Waals surface area contributed by atoms with Gasteiger partial charge in [-0.25, -0.2) is 0 Å². The van der Waals surface area contributed by atoms with E-state index in [1.165, 1.54) is 5.56 Å². The summed E-state index contributed by atoms with van der Waals surface area (Å²) >= 11 is 0. The zero-order chi connectivity index (χ0) is 14.4. The molecular formula is C16H25N3O. The van der Waals surface area contributed by atoms with Crippen LogP contribution in [0.5, 0.6) is 0 Å². The van der Waals surface area contributed by atoms with E-state index in [2.05, 4.69) is 17.9 Å². The van der Waals surface area contributed by atoms with E-state index in [1.54, 1.807) is 0 Å². The molecular weight excluding hydrogens is 250 g/mol. The van der Waals surface area contributed by atoms with E-state index < -0.39 is 0 Å². The second-order valence-corrected chi connectivity index (χ2v) is 5.54. The highest BCUT2D eigenvalue weighted by Gasteiger charge is 2.20. The molecule has 0 bridgehead atoms. The summed E-state index contributed by atoms with van der Waals surface area (Å²) in [5, 5.41) is 0. The highest BCUT2D eigenvalue weighted by atomic mass is 16.2. The molecule has 0 saturated carbocycles. The van der Waals surface area contributed by atoms with Crippen molar-refractivity contribution in [3.63, 3.8) is 0 Å². The van der Waals surface area contributed by atoms with Crippen molar-refractivity contribution in [1.82, 2.24) is 9.80 Å². The maximum Gasteiger partial charge on any atom is 0.236 e. The molecule has 0 spiro atoms. The minimum absolute atomic E-state index is 0.264. The lowest BCUT2D eigenvalue weighted by Crippen LogP contribution is -2.39. The van der Waals surface area contributed by atoms with Crippen LogP contribution in [0.1, 0.15) is 31.7 Å². The second-order valence-electron chi connectivity index (χ2n) is 5.54. The highest BCUT2D eigenvalue weighted by Crippen LogP contribution is 2.12. The molecule has 0 aromatic heterocycles. The SMILES string of the molecule is CCCN(CC(=O)N1CCCC1)Cc1cccc(N)c1. The summed E-state index contributed by atoms with van der Waals surface area (Å²) < 4.78 is 0. The Morgan fingerprint density at radius 1 is 1.35 bits per heavy atom. The molecule has 1 amide bonds. The third-order valence-corrected chi connectivity index (χ3v) is 3.71. The minimum Gasteiger partial charge on any atom is -0.399 e. The van der Waals surface area contributed by atoms with Gasteiger partial charge in [-0.2, -0.15) is 0 Å². The normalized spacial score (nSPS) is 15.0. The Bertz CT molecular complexity index is 441. The molecule has 2 rings (SSSR count). The van der Waals surface area contributed by atoms with Crippen LogP contribution in [0.4, 0.5) is 5.69 Å². The molecule has 1 aliphatic rings. The molecule has 1 aromatic rings. The van der Waals surface area contributed by atoms with Gasteiger partial charge < -0.3 is 10.6 Å². The number of anilines is 1. The second kappa shape index (κ2) is 7.29. The molecule has 1 heterocycles. The van der Waals surface area contributed by atoms with Crippen molar-refractivity contribution in [1.29, 1.82) is 0 Å². The smallest absolute Gasteiger partial charge is 0.236 e. The standard InChI is InChI=1S/C16H25N3O/c1-2-8-18(12-14-6-5-7-15(17)11-14)13-16(20)19-9-3-4-10-19/h5-7,11H,2-4,8-10,12-13,17H2,1H3. The number of rotatable bonds is 6. The predicted octanol–water partition coefficient (Wildman–Crippen LogP) is 2.10. The number of benzene rings is 1. The van der Waals surface area contributed by atoms with Gasteiger partial charge in [0.25, 0.3) is 0 Å². The Hall–Kier alpha value is -1.55. The van der Waals surface area contributed by atoms with Crippen molar-refractivity contribution >= 4 is 11.6 Å². The quantitative estimate of drug-likeness (QED) is 0.809. The number of hydrogen-bond acceptors (Lipinski definition) is 3. The van der Waals surface area contributed by atoms with Crippen LogP contribution in [0, 0.1) is 0 Å². The van der Waals surface area contributed by atoms with Gasteiger partial charge >= 0.3 is 0 Å². The number of amides is 1. The van der Waals surface area contributed by atoms with Gasteiger partial charge in [0.15, 0.2) is 0 Å². The molecule has 1 aliphatic heterocycles. The monoisotopic (exact) mass is 275 g/mol. The number of nitrogen functional groups attached to an aromatic ring is 1. The average Bonchev–Trinajstić information content (AvgIpc) is 2.93. The summed E-state index contributed by atoms with van der Waals surface area (Å²) in [4.78, 5) is 16.5. The Morgan fingerprint density at radius 2 is 2.10 bits per heavy atom. The summed E-state index contributed by atoms with van der Waals surface area (Å²) in [7, 11) is 0. The first kappa shape index (κ1) is 14.9. The molecule has 0 radical (unpaired) electrons. The lowest BCUT2D eigenvalue weighted by Gasteiger charge is -2.24. The zero-order valence-electron chi connectivity index (χ0n) is 12.3. The maximum absolute atomic E-state index is 12.2. The van der Waals surface area contributed by atoms with Gasteiger partial charge in [0.1, 0.15) is 0 Å². The molecule has 4 nitrogen and oxygen atoms in total. The molecule has 0 unspecified atom stereocenters. The number of carbonyl (C=O) groups excluding carboxylic acids is 1. The van der Waals surface area contributed by atoms with Crippen LogP contribution in [0.3, 0.4) is 0 Å². The number of carbonyl (C=O) groups is 1. The molecule has 20 heavy (non-hydrogen) atoms. The van der Waals surface area contributed by atoms with E-state index in [-0.39, 0.29) is 5.91 Å². The summed E-state index contributed by atoms with van der Waals surface area (Å²) in [6.07, 6.45) is 3.35. The number of likely N-dealkylation sites (tertiary alicyclic amines) is 1. The number of nitrogens with zero attached hydrogens (tertiary/aromatic N) is 2. The molecule has 1 saturated heterocycles. The van der Waals surface area contributed by atoms with Crippen LogP contribution in [-0.4, -0.2) is 41.9 Å².